The lowest BCUT2D eigenvalue weighted by Gasteiger charge is -2.28. The van der Waals surface area contributed by atoms with E-state index in [0.717, 1.165) is 0 Å². The Kier molecular flexibility index (Phi) is 6.71. The summed E-state index contributed by atoms with van der Waals surface area (Å²) in [6.45, 7) is -0.0470. The molecule has 0 aromatic rings. The highest BCUT2D eigenvalue weighted by Crippen LogP contribution is 2.24. The molecule has 0 aliphatic rings. The van der Waals surface area contributed by atoms with Gasteiger partial charge in [0.15, 0.2) is 0 Å². The fourth-order valence-corrected chi connectivity index (χ4v) is 1.71. The predicted molar refractivity (Wildman–Crippen MR) is 61.0 cm³/mol. The Balaban J connectivity index is 4.64. The first-order valence-electron chi connectivity index (χ1n) is 5.51. The number of aliphatic hydroxyl groups is 2. The molecule has 0 rings (SSSR count). The topological polar surface area (TPSA) is 113 Å². The summed E-state index contributed by atoms with van der Waals surface area (Å²) in [7, 11) is -5.84. The van der Waals surface area contributed by atoms with Crippen molar-refractivity contribution < 1.29 is 41.3 Å². The van der Waals surface area contributed by atoms with Gasteiger partial charge < -0.3 is 14.9 Å². The number of hydrogen-bond donors (Lipinski definition) is 3. The quantitative estimate of drug-likeness (QED) is 0.622. The lowest BCUT2D eigenvalue weighted by molar-refractivity contribution is -0.0453. The molecule has 0 saturated heterocycles. The molecule has 0 aliphatic heterocycles. The van der Waals surface area contributed by atoms with Crippen LogP contribution in [-0.2, 0) is 14.8 Å². The number of aliphatic hydroxyl groups excluding tert-OH is 2. The maximum absolute atomic E-state index is 12.0. The van der Waals surface area contributed by atoms with Gasteiger partial charge in [-0.05, 0) is 6.42 Å². The van der Waals surface area contributed by atoms with Crippen molar-refractivity contribution in [2.24, 2.45) is 5.41 Å². The summed E-state index contributed by atoms with van der Waals surface area (Å²) in [6, 6.07) is 0. The van der Waals surface area contributed by atoms with Crippen LogP contribution >= 0.6 is 0 Å². The van der Waals surface area contributed by atoms with Gasteiger partial charge in [0, 0.05) is 0 Å². The number of carbonyl (C=O) groups is 1. The largest absolute Gasteiger partial charge is 0.516 e. The monoisotopic (exact) mass is 323 g/mol. The normalized spacial score (nSPS) is 13.1. The van der Waals surface area contributed by atoms with E-state index >= 15 is 0 Å². The number of alkyl halides is 3. The molecule has 0 fully saturated rings. The summed E-state index contributed by atoms with van der Waals surface area (Å²) in [5, 5.41) is 18.2. The highest BCUT2D eigenvalue weighted by molar-refractivity contribution is 7.90. The molecule has 0 aromatic carbocycles. The van der Waals surface area contributed by atoms with Crippen LogP contribution < -0.4 is 4.72 Å². The van der Waals surface area contributed by atoms with Gasteiger partial charge in [0.1, 0.15) is 6.61 Å². The van der Waals surface area contributed by atoms with Crippen molar-refractivity contribution in [2.45, 2.75) is 25.3 Å². The van der Waals surface area contributed by atoms with E-state index in [1.807, 2.05) is 0 Å². The van der Waals surface area contributed by atoms with E-state index in [4.69, 9.17) is 10.2 Å². The van der Waals surface area contributed by atoms with Crippen LogP contribution in [0.25, 0.3) is 0 Å². The van der Waals surface area contributed by atoms with Gasteiger partial charge >= 0.3 is 21.6 Å². The van der Waals surface area contributed by atoms with Gasteiger partial charge in [-0.2, -0.15) is 21.6 Å². The first-order valence-corrected chi connectivity index (χ1v) is 6.99. The number of amides is 1. The third kappa shape index (κ3) is 5.13. The number of ether oxygens (including phenoxy) is 1. The maximum atomic E-state index is 12.0. The summed E-state index contributed by atoms with van der Waals surface area (Å²) in [4.78, 5) is 11.0. The van der Waals surface area contributed by atoms with Gasteiger partial charge in [-0.1, -0.05) is 13.3 Å². The van der Waals surface area contributed by atoms with E-state index in [-0.39, 0.29) is 6.42 Å². The van der Waals surface area contributed by atoms with E-state index < -0.39 is 46.9 Å². The molecule has 120 valence electrons. The molecule has 0 radical (unpaired) electrons. The van der Waals surface area contributed by atoms with Crippen molar-refractivity contribution in [3.05, 3.63) is 0 Å². The number of halogens is 3. The highest BCUT2D eigenvalue weighted by atomic mass is 32.2. The van der Waals surface area contributed by atoms with E-state index in [1.165, 1.54) is 0 Å². The van der Waals surface area contributed by atoms with Crippen LogP contribution in [0.3, 0.4) is 0 Å². The van der Waals surface area contributed by atoms with Crippen molar-refractivity contribution >= 4 is 16.1 Å². The van der Waals surface area contributed by atoms with Gasteiger partial charge in [-0.25, -0.2) is 9.52 Å². The van der Waals surface area contributed by atoms with Crippen LogP contribution in [-0.4, -0.2) is 50.1 Å². The number of rotatable bonds is 7. The van der Waals surface area contributed by atoms with E-state index in [2.05, 4.69) is 4.74 Å². The first kappa shape index (κ1) is 18.9. The summed E-state index contributed by atoms with van der Waals surface area (Å²) in [5.41, 5.74) is -6.87. The number of hydrogen-bond acceptors (Lipinski definition) is 6. The SMILES string of the molecule is CCCC(CO)(CO)COC(=O)NS(=O)(=O)C(F)(F)F. The first-order chi connectivity index (χ1) is 9.03. The van der Waals surface area contributed by atoms with Gasteiger partial charge in [0.25, 0.3) is 0 Å². The van der Waals surface area contributed by atoms with Crippen LogP contribution in [0.5, 0.6) is 0 Å². The van der Waals surface area contributed by atoms with Gasteiger partial charge in [-0.15, -0.1) is 0 Å². The molecule has 0 heterocycles. The standard InChI is InChI=1S/C9H16F3NO6S/c1-2-3-8(4-14,5-15)6-19-7(16)13-20(17,18)9(10,11)12/h14-15H,2-6H2,1H3,(H,13,16). The average molecular weight is 323 g/mol. The molecule has 7 nitrogen and oxygen atoms in total. The van der Waals surface area contributed by atoms with Crippen LogP contribution in [0.2, 0.25) is 0 Å². The lowest BCUT2D eigenvalue weighted by atomic mass is 9.86. The second-order valence-electron chi connectivity index (χ2n) is 4.19. The third-order valence-electron chi connectivity index (χ3n) is 2.48. The van der Waals surface area contributed by atoms with Crippen LogP contribution in [0.15, 0.2) is 0 Å². The number of nitrogens with one attached hydrogen (secondary N) is 1. The van der Waals surface area contributed by atoms with Gasteiger partial charge in [0.2, 0.25) is 0 Å². The molecule has 3 N–H and O–H groups in total. The van der Waals surface area contributed by atoms with E-state index in [0.29, 0.717) is 11.1 Å². The Bertz CT molecular complexity index is 418. The van der Waals surface area contributed by atoms with Crippen molar-refractivity contribution in [3.8, 4) is 0 Å². The maximum Gasteiger partial charge on any atom is 0.516 e. The third-order valence-corrected chi connectivity index (χ3v) is 3.53. The van der Waals surface area contributed by atoms with Gasteiger partial charge in [-0.3, -0.25) is 0 Å². The minimum Gasteiger partial charge on any atom is -0.448 e. The molecule has 0 aromatic heterocycles. The lowest BCUT2D eigenvalue weighted by Crippen LogP contribution is -2.43. The molecule has 0 unspecified atom stereocenters. The van der Waals surface area contributed by atoms with Crippen molar-refractivity contribution in [1.29, 1.82) is 0 Å². The molecule has 0 spiro atoms. The van der Waals surface area contributed by atoms with Crippen LogP contribution in [0, 0.1) is 5.41 Å². The second kappa shape index (κ2) is 7.09. The van der Waals surface area contributed by atoms with Crippen molar-refractivity contribution in [3.63, 3.8) is 0 Å². The minimum absolute atomic E-state index is 0.235. The molecule has 1 amide bonds. The van der Waals surface area contributed by atoms with Gasteiger partial charge in [0.05, 0.1) is 18.6 Å². The predicted octanol–water partition coefficient (Wildman–Crippen LogP) is 0.333. The minimum atomic E-state index is -5.84. The average Bonchev–Trinajstić information content (AvgIpc) is 2.33. The summed E-state index contributed by atoms with van der Waals surface area (Å²) in [5.74, 6) is 0. The van der Waals surface area contributed by atoms with Crippen molar-refractivity contribution in [1.82, 2.24) is 4.72 Å². The van der Waals surface area contributed by atoms with E-state index in [9.17, 15) is 26.4 Å². The Labute approximate surface area is 113 Å². The fourth-order valence-electron chi connectivity index (χ4n) is 1.32. The zero-order chi connectivity index (χ0) is 16.0. The summed E-state index contributed by atoms with van der Waals surface area (Å²) in [6.07, 6.45) is -1.09. The Morgan fingerprint density at radius 1 is 1.25 bits per heavy atom. The molecule has 20 heavy (non-hydrogen) atoms. The fraction of sp³-hybridized carbons (Fsp3) is 0.889. The second-order valence-corrected chi connectivity index (χ2v) is 5.87. The summed E-state index contributed by atoms with van der Waals surface area (Å²) >= 11 is 0. The molecular weight excluding hydrogens is 307 g/mol. The number of sulfonamides is 1. The number of carbonyl (C=O) groups excluding carboxylic acids is 1. The van der Waals surface area contributed by atoms with Crippen LogP contribution in [0.4, 0.5) is 18.0 Å². The summed E-state index contributed by atoms with van der Waals surface area (Å²) < 4.78 is 62.2. The van der Waals surface area contributed by atoms with E-state index in [1.54, 1.807) is 6.92 Å². The molecule has 0 aliphatic carbocycles. The Hall–Kier alpha value is -1.07. The zero-order valence-electron chi connectivity index (χ0n) is 10.6. The zero-order valence-corrected chi connectivity index (χ0v) is 11.4. The molecule has 11 heteroatoms. The molecule has 0 bridgehead atoms. The highest BCUT2D eigenvalue weighted by Gasteiger charge is 2.47. The Morgan fingerprint density at radius 3 is 2.10 bits per heavy atom. The molecule has 0 saturated carbocycles. The van der Waals surface area contributed by atoms with Crippen molar-refractivity contribution in [2.75, 3.05) is 19.8 Å². The van der Waals surface area contributed by atoms with Crippen LogP contribution in [0.1, 0.15) is 19.8 Å². The molecular formula is C9H16F3NO6S. The smallest absolute Gasteiger partial charge is 0.448 e. The Morgan fingerprint density at radius 2 is 1.75 bits per heavy atom. The molecule has 0 atom stereocenters.